The number of alkyl halides is 1. The molecule has 0 aliphatic heterocycles. The van der Waals surface area contributed by atoms with E-state index in [1.165, 1.54) is 0 Å². The molecule has 1 heterocycles. The van der Waals surface area contributed by atoms with E-state index in [0.717, 1.165) is 43.1 Å². The van der Waals surface area contributed by atoms with Crippen LogP contribution in [0, 0.1) is 5.41 Å². The first-order valence-electron chi connectivity index (χ1n) is 7.66. The van der Waals surface area contributed by atoms with Gasteiger partial charge in [-0.1, -0.05) is 54.8 Å². The maximum absolute atomic E-state index is 12.6. The van der Waals surface area contributed by atoms with E-state index in [1.54, 1.807) is 10.9 Å². The summed E-state index contributed by atoms with van der Waals surface area (Å²) >= 11 is 3.67. The molecular formula is C17H23BrN2O. The SMILES string of the molecule is CCCC(CBr)(CCC)Cn1cnc2ccccc2c1=O. The Kier molecular flexibility index (Phi) is 5.57. The molecule has 0 fully saturated rings. The van der Waals surface area contributed by atoms with Crippen LogP contribution < -0.4 is 5.56 Å². The molecule has 0 aliphatic carbocycles. The average Bonchev–Trinajstić information content (AvgIpc) is 2.51. The number of hydrogen-bond acceptors (Lipinski definition) is 2. The van der Waals surface area contributed by atoms with Crippen LogP contribution in [0.1, 0.15) is 39.5 Å². The second kappa shape index (κ2) is 7.21. The Bertz CT molecular complexity index is 645. The van der Waals surface area contributed by atoms with Gasteiger partial charge in [0.15, 0.2) is 0 Å². The Morgan fingerprint density at radius 1 is 1.19 bits per heavy atom. The highest BCUT2D eigenvalue weighted by atomic mass is 79.9. The van der Waals surface area contributed by atoms with Crippen LogP contribution in [-0.2, 0) is 6.54 Å². The molecule has 0 spiro atoms. The predicted molar refractivity (Wildman–Crippen MR) is 92.0 cm³/mol. The molecule has 2 aromatic rings. The molecule has 4 heteroatoms. The first kappa shape index (κ1) is 16.2. The number of para-hydroxylation sites is 1. The molecule has 0 N–H and O–H groups in total. The topological polar surface area (TPSA) is 34.9 Å². The quantitative estimate of drug-likeness (QED) is 0.694. The number of fused-ring (bicyclic) bond motifs is 1. The average molecular weight is 351 g/mol. The van der Waals surface area contributed by atoms with E-state index in [-0.39, 0.29) is 11.0 Å². The Morgan fingerprint density at radius 3 is 2.48 bits per heavy atom. The van der Waals surface area contributed by atoms with Crippen molar-refractivity contribution in [1.29, 1.82) is 0 Å². The Balaban J connectivity index is 2.41. The lowest BCUT2D eigenvalue weighted by Crippen LogP contribution is -2.34. The zero-order valence-electron chi connectivity index (χ0n) is 12.8. The van der Waals surface area contributed by atoms with Crippen molar-refractivity contribution in [3.8, 4) is 0 Å². The van der Waals surface area contributed by atoms with E-state index < -0.39 is 0 Å². The Morgan fingerprint density at radius 2 is 1.86 bits per heavy atom. The highest BCUT2D eigenvalue weighted by molar-refractivity contribution is 9.09. The lowest BCUT2D eigenvalue weighted by Gasteiger charge is -2.32. The van der Waals surface area contributed by atoms with Gasteiger partial charge in [0.2, 0.25) is 0 Å². The van der Waals surface area contributed by atoms with Crippen LogP contribution in [0.2, 0.25) is 0 Å². The van der Waals surface area contributed by atoms with Gasteiger partial charge in [-0.2, -0.15) is 0 Å². The van der Waals surface area contributed by atoms with Gasteiger partial charge in [0, 0.05) is 11.9 Å². The number of rotatable bonds is 7. The van der Waals surface area contributed by atoms with Crippen molar-refractivity contribution in [3.63, 3.8) is 0 Å². The fourth-order valence-electron chi connectivity index (χ4n) is 3.10. The van der Waals surface area contributed by atoms with E-state index in [9.17, 15) is 4.79 Å². The number of aromatic nitrogens is 2. The van der Waals surface area contributed by atoms with Gasteiger partial charge in [0.05, 0.1) is 17.2 Å². The zero-order valence-corrected chi connectivity index (χ0v) is 14.4. The minimum Gasteiger partial charge on any atom is -0.298 e. The minimum absolute atomic E-state index is 0.0677. The summed E-state index contributed by atoms with van der Waals surface area (Å²) in [6, 6.07) is 7.55. The molecule has 2 rings (SSSR count). The van der Waals surface area contributed by atoms with Crippen molar-refractivity contribution in [3.05, 3.63) is 40.9 Å². The van der Waals surface area contributed by atoms with E-state index in [4.69, 9.17) is 0 Å². The first-order chi connectivity index (χ1) is 10.2. The summed E-state index contributed by atoms with van der Waals surface area (Å²) in [7, 11) is 0. The molecule has 0 bridgehead atoms. The second-order valence-corrected chi connectivity index (χ2v) is 6.39. The molecule has 1 aromatic heterocycles. The highest BCUT2D eigenvalue weighted by Crippen LogP contribution is 2.33. The third-order valence-electron chi connectivity index (χ3n) is 4.08. The molecule has 3 nitrogen and oxygen atoms in total. The largest absolute Gasteiger partial charge is 0.298 e. The highest BCUT2D eigenvalue weighted by Gasteiger charge is 2.28. The summed E-state index contributed by atoms with van der Waals surface area (Å²) in [5.74, 6) is 0. The van der Waals surface area contributed by atoms with Gasteiger partial charge in [-0.15, -0.1) is 0 Å². The van der Waals surface area contributed by atoms with E-state index in [1.807, 2.05) is 24.3 Å². The summed E-state index contributed by atoms with van der Waals surface area (Å²) < 4.78 is 1.79. The third-order valence-corrected chi connectivity index (χ3v) is 5.27. The molecule has 0 amide bonds. The lowest BCUT2D eigenvalue weighted by molar-refractivity contribution is 0.230. The van der Waals surface area contributed by atoms with Crippen molar-refractivity contribution in [2.75, 3.05) is 5.33 Å². The number of hydrogen-bond donors (Lipinski definition) is 0. The second-order valence-electron chi connectivity index (χ2n) is 5.83. The minimum atomic E-state index is 0.0677. The van der Waals surface area contributed by atoms with Gasteiger partial charge >= 0.3 is 0 Å². The lowest BCUT2D eigenvalue weighted by atomic mass is 9.81. The van der Waals surface area contributed by atoms with Crippen LogP contribution >= 0.6 is 15.9 Å². The van der Waals surface area contributed by atoms with Crippen LogP contribution in [0.5, 0.6) is 0 Å². The van der Waals surface area contributed by atoms with Crippen LogP contribution in [0.4, 0.5) is 0 Å². The smallest absolute Gasteiger partial charge is 0.261 e. The molecule has 0 unspecified atom stereocenters. The van der Waals surface area contributed by atoms with Gasteiger partial charge in [0.25, 0.3) is 5.56 Å². The van der Waals surface area contributed by atoms with Crippen LogP contribution in [0.15, 0.2) is 35.4 Å². The number of benzene rings is 1. The Labute approximate surface area is 134 Å². The van der Waals surface area contributed by atoms with Crippen molar-refractivity contribution in [2.24, 2.45) is 5.41 Å². The van der Waals surface area contributed by atoms with Crippen LogP contribution in [-0.4, -0.2) is 14.9 Å². The van der Waals surface area contributed by atoms with Crippen molar-refractivity contribution >= 4 is 26.8 Å². The number of halogens is 1. The molecule has 0 aliphatic rings. The fraction of sp³-hybridized carbons (Fsp3) is 0.529. The third kappa shape index (κ3) is 3.54. The van der Waals surface area contributed by atoms with Gasteiger partial charge in [-0.05, 0) is 30.4 Å². The molecule has 0 saturated carbocycles. The molecule has 0 atom stereocenters. The number of nitrogens with zero attached hydrogens (tertiary/aromatic N) is 2. The normalized spacial score (nSPS) is 12.0. The van der Waals surface area contributed by atoms with E-state index in [0.29, 0.717) is 5.39 Å². The van der Waals surface area contributed by atoms with Crippen molar-refractivity contribution in [2.45, 2.75) is 46.1 Å². The molecular weight excluding hydrogens is 328 g/mol. The summed E-state index contributed by atoms with van der Waals surface area (Å²) in [5, 5.41) is 1.62. The zero-order chi connectivity index (χ0) is 15.3. The fourth-order valence-corrected chi connectivity index (χ4v) is 3.84. The van der Waals surface area contributed by atoms with Gasteiger partial charge in [0.1, 0.15) is 0 Å². The van der Waals surface area contributed by atoms with Gasteiger partial charge in [-0.3, -0.25) is 9.36 Å². The van der Waals surface area contributed by atoms with Crippen LogP contribution in [0.3, 0.4) is 0 Å². The van der Waals surface area contributed by atoms with E-state index in [2.05, 4.69) is 34.8 Å². The first-order valence-corrected chi connectivity index (χ1v) is 8.78. The van der Waals surface area contributed by atoms with Crippen molar-refractivity contribution in [1.82, 2.24) is 9.55 Å². The maximum Gasteiger partial charge on any atom is 0.261 e. The van der Waals surface area contributed by atoms with Gasteiger partial charge in [-0.25, -0.2) is 4.98 Å². The standard InChI is InChI=1S/C17H23BrN2O/c1-3-9-17(11-18,10-4-2)12-20-13-19-15-8-6-5-7-14(15)16(20)21/h5-8,13H,3-4,9-12H2,1-2H3. The van der Waals surface area contributed by atoms with Crippen molar-refractivity contribution < 1.29 is 0 Å². The van der Waals surface area contributed by atoms with Gasteiger partial charge < -0.3 is 0 Å². The molecule has 0 saturated heterocycles. The predicted octanol–water partition coefficient (Wildman–Crippen LogP) is 4.38. The summed E-state index contributed by atoms with van der Waals surface area (Å²) in [5.41, 5.74) is 0.976. The summed E-state index contributed by atoms with van der Waals surface area (Å²) in [6.45, 7) is 5.14. The molecule has 0 radical (unpaired) electrons. The molecule has 21 heavy (non-hydrogen) atoms. The summed E-state index contributed by atoms with van der Waals surface area (Å²) in [4.78, 5) is 17.1. The monoisotopic (exact) mass is 350 g/mol. The van der Waals surface area contributed by atoms with Crippen LogP contribution in [0.25, 0.3) is 10.9 Å². The summed E-state index contributed by atoms with van der Waals surface area (Å²) in [6.07, 6.45) is 6.19. The molecule has 114 valence electrons. The maximum atomic E-state index is 12.6. The molecule has 1 aromatic carbocycles. The Hall–Kier alpha value is -1.16. The van der Waals surface area contributed by atoms with E-state index >= 15 is 0 Å².